The number of hydrogen-bond acceptors (Lipinski definition) is 5. The third-order valence-corrected chi connectivity index (χ3v) is 2.89. The molecule has 0 aliphatic heterocycles. The third-order valence-electron chi connectivity index (χ3n) is 2.89. The molecule has 0 heterocycles. The molecule has 0 aromatic heterocycles. The molecule has 0 saturated carbocycles. The van der Waals surface area contributed by atoms with Crippen LogP contribution in [0, 0.1) is 11.3 Å². The molecular weight excluding hydrogens is 367 g/mol. The van der Waals surface area contributed by atoms with E-state index >= 15 is 0 Å². The summed E-state index contributed by atoms with van der Waals surface area (Å²) in [6.07, 6.45) is -5.32. The summed E-state index contributed by atoms with van der Waals surface area (Å²) in [5.41, 5.74) is -0.743. The van der Waals surface area contributed by atoms with E-state index in [4.69, 9.17) is 10.00 Å². The highest BCUT2D eigenvalue weighted by Crippen LogP contribution is 2.25. The number of ether oxygens (including phenoxy) is 2. The predicted octanol–water partition coefficient (Wildman–Crippen LogP) is 3.35. The first-order chi connectivity index (χ1) is 12.3. The van der Waals surface area contributed by atoms with E-state index in [1.54, 1.807) is 26.8 Å². The maximum absolute atomic E-state index is 12.2. The Bertz CT molecular complexity index is 736. The standard InChI is InChI=1S/C17H20F3N3O4/c1-10(22-15(25)27-16(2,3)4)14(24)23-12-5-6-13(11(7-12)8-21)26-9-17(18,19)20/h5-7,10H,9H2,1-4H3,(H,22,25)(H,23,24). The number of carbonyl (C=O) groups excluding carboxylic acids is 2. The van der Waals surface area contributed by atoms with Gasteiger partial charge in [-0.15, -0.1) is 0 Å². The second kappa shape index (κ2) is 8.62. The predicted molar refractivity (Wildman–Crippen MR) is 90.2 cm³/mol. The first-order valence-electron chi connectivity index (χ1n) is 7.85. The van der Waals surface area contributed by atoms with Gasteiger partial charge >= 0.3 is 12.3 Å². The van der Waals surface area contributed by atoms with Gasteiger partial charge in [-0.1, -0.05) is 0 Å². The number of hydrogen-bond donors (Lipinski definition) is 2. The minimum Gasteiger partial charge on any atom is -0.483 e. The van der Waals surface area contributed by atoms with E-state index in [2.05, 4.69) is 15.4 Å². The number of alkyl halides is 3. The summed E-state index contributed by atoms with van der Waals surface area (Å²) in [5, 5.41) is 13.8. The number of anilines is 1. The molecule has 7 nitrogen and oxygen atoms in total. The quantitative estimate of drug-likeness (QED) is 0.807. The Kier molecular flexibility index (Phi) is 7.05. The SMILES string of the molecule is CC(NC(=O)OC(C)(C)C)C(=O)Nc1ccc(OCC(F)(F)F)c(C#N)c1. The largest absolute Gasteiger partial charge is 0.483 e. The Hall–Kier alpha value is -2.96. The number of rotatable bonds is 5. The van der Waals surface area contributed by atoms with Crippen molar-refractivity contribution in [1.82, 2.24) is 5.32 Å². The van der Waals surface area contributed by atoms with Crippen LogP contribution in [0.1, 0.15) is 33.3 Å². The maximum Gasteiger partial charge on any atom is 0.422 e. The fourth-order valence-electron chi connectivity index (χ4n) is 1.78. The van der Waals surface area contributed by atoms with Gasteiger partial charge in [0.05, 0.1) is 5.56 Å². The molecule has 2 amide bonds. The molecule has 1 aromatic rings. The van der Waals surface area contributed by atoms with Crippen LogP contribution in [0.25, 0.3) is 0 Å². The van der Waals surface area contributed by atoms with Crippen LogP contribution in [0.15, 0.2) is 18.2 Å². The Morgan fingerprint density at radius 2 is 1.89 bits per heavy atom. The van der Waals surface area contributed by atoms with Crippen molar-refractivity contribution in [3.63, 3.8) is 0 Å². The lowest BCUT2D eigenvalue weighted by molar-refractivity contribution is -0.153. The molecule has 0 fully saturated rings. The van der Waals surface area contributed by atoms with Crippen LogP contribution >= 0.6 is 0 Å². The highest BCUT2D eigenvalue weighted by molar-refractivity contribution is 5.96. The van der Waals surface area contributed by atoms with Crippen LogP contribution in [-0.2, 0) is 9.53 Å². The molecule has 1 unspecified atom stereocenters. The Balaban J connectivity index is 2.74. The topological polar surface area (TPSA) is 100 Å². The van der Waals surface area contributed by atoms with E-state index in [-0.39, 0.29) is 17.0 Å². The van der Waals surface area contributed by atoms with Gasteiger partial charge in [-0.3, -0.25) is 4.79 Å². The molecule has 148 valence electrons. The van der Waals surface area contributed by atoms with Gasteiger partial charge in [0, 0.05) is 5.69 Å². The molecule has 2 N–H and O–H groups in total. The molecule has 0 spiro atoms. The molecule has 27 heavy (non-hydrogen) atoms. The van der Waals surface area contributed by atoms with Crippen molar-refractivity contribution >= 4 is 17.7 Å². The van der Waals surface area contributed by atoms with Gasteiger partial charge in [0.25, 0.3) is 0 Å². The summed E-state index contributed by atoms with van der Waals surface area (Å²) < 4.78 is 46.2. The summed E-state index contributed by atoms with van der Waals surface area (Å²) in [6.45, 7) is 4.89. The fourth-order valence-corrected chi connectivity index (χ4v) is 1.78. The number of nitrogens with one attached hydrogen (secondary N) is 2. The van der Waals surface area contributed by atoms with Crippen LogP contribution < -0.4 is 15.4 Å². The van der Waals surface area contributed by atoms with Crippen LogP contribution in [-0.4, -0.2) is 36.4 Å². The summed E-state index contributed by atoms with van der Waals surface area (Å²) in [7, 11) is 0. The maximum atomic E-state index is 12.2. The molecule has 1 rings (SSSR count). The van der Waals surface area contributed by atoms with Crippen molar-refractivity contribution in [3.8, 4) is 11.8 Å². The van der Waals surface area contributed by atoms with Crippen molar-refractivity contribution in [3.05, 3.63) is 23.8 Å². The number of alkyl carbamates (subject to hydrolysis) is 1. The molecule has 0 aliphatic carbocycles. The number of amides is 2. The lowest BCUT2D eigenvalue weighted by Gasteiger charge is -2.21. The van der Waals surface area contributed by atoms with E-state index in [0.29, 0.717) is 0 Å². The van der Waals surface area contributed by atoms with E-state index < -0.39 is 36.4 Å². The van der Waals surface area contributed by atoms with Crippen LogP contribution in [0.3, 0.4) is 0 Å². The van der Waals surface area contributed by atoms with Crippen molar-refractivity contribution < 1.29 is 32.2 Å². The zero-order valence-electron chi connectivity index (χ0n) is 15.2. The van der Waals surface area contributed by atoms with Gasteiger partial charge in [-0.05, 0) is 45.9 Å². The van der Waals surface area contributed by atoms with Crippen molar-refractivity contribution in [2.75, 3.05) is 11.9 Å². The van der Waals surface area contributed by atoms with Gasteiger partial charge in [0.2, 0.25) is 5.91 Å². The number of benzene rings is 1. The average molecular weight is 387 g/mol. The smallest absolute Gasteiger partial charge is 0.422 e. The monoisotopic (exact) mass is 387 g/mol. The van der Waals surface area contributed by atoms with Crippen molar-refractivity contribution in [2.45, 2.75) is 45.5 Å². The van der Waals surface area contributed by atoms with Crippen LogP contribution in [0.4, 0.5) is 23.7 Å². The molecule has 1 atom stereocenters. The highest BCUT2D eigenvalue weighted by Gasteiger charge is 2.29. The van der Waals surface area contributed by atoms with Gasteiger partial charge in [-0.25, -0.2) is 4.79 Å². The van der Waals surface area contributed by atoms with Crippen LogP contribution in [0.5, 0.6) is 5.75 Å². The Morgan fingerprint density at radius 3 is 2.41 bits per heavy atom. The normalized spacial score (nSPS) is 12.5. The second-order valence-corrected chi connectivity index (χ2v) is 6.58. The van der Waals surface area contributed by atoms with E-state index in [9.17, 15) is 22.8 Å². The van der Waals surface area contributed by atoms with Gasteiger partial charge in [0.1, 0.15) is 23.5 Å². The minimum atomic E-state index is -4.54. The fraction of sp³-hybridized carbons (Fsp3) is 0.471. The van der Waals surface area contributed by atoms with Crippen molar-refractivity contribution in [1.29, 1.82) is 5.26 Å². The summed E-state index contributed by atoms with van der Waals surface area (Å²) in [6, 6.07) is 4.34. The number of carbonyl (C=O) groups is 2. The zero-order chi connectivity index (χ0) is 20.8. The van der Waals surface area contributed by atoms with Gasteiger partial charge in [0.15, 0.2) is 6.61 Å². The second-order valence-electron chi connectivity index (χ2n) is 6.58. The average Bonchev–Trinajstić information content (AvgIpc) is 2.50. The molecule has 0 radical (unpaired) electrons. The molecule has 10 heteroatoms. The van der Waals surface area contributed by atoms with E-state index in [1.165, 1.54) is 19.1 Å². The zero-order valence-corrected chi connectivity index (χ0v) is 15.2. The van der Waals surface area contributed by atoms with E-state index in [0.717, 1.165) is 6.07 Å². The molecule has 0 bridgehead atoms. The van der Waals surface area contributed by atoms with Crippen molar-refractivity contribution in [2.24, 2.45) is 0 Å². The summed E-state index contributed by atoms with van der Waals surface area (Å²) in [5.74, 6) is -0.860. The summed E-state index contributed by atoms with van der Waals surface area (Å²) >= 11 is 0. The van der Waals surface area contributed by atoms with Gasteiger partial charge in [-0.2, -0.15) is 18.4 Å². The Morgan fingerprint density at radius 1 is 1.26 bits per heavy atom. The molecule has 1 aromatic carbocycles. The Labute approximate surface area is 154 Å². The number of nitrogens with zero attached hydrogens (tertiary/aromatic N) is 1. The van der Waals surface area contributed by atoms with E-state index in [1.807, 2.05) is 0 Å². The molecule has 0 saturated heterocycles. The highest BCUT2D eigenvalue weighted by atomic mass is 19.4. The molecular formula is C17H20F3N3O4. The lowest BCUT2D eigenvalue weighted by Crippen LogP contribution is -2.43. The minimum absolute atomic E-state index is 0.161. The van der Waals surface area contributed by atoms with Gasteiger partial charge < -0.3 is 20.1 Å². The third kappa shape index (κ3) is 8.31. The number of halogens is 3. The first kappa shape index (κ1) is 22.1. The first-order valence-corrected chi connectivity index (χ1v) is 7.85. The lowest BCUT2D eigenvalue weighted by atomic mass is 10.2. The number of nitriles is 1. The molecule has 0 aliphatic rings. The summed E-state index contributed by atoms with van der Waals surface area (Å²) in [4.78, 5) is 23.8. The van der Waals surface area contributed by atoms with Crippen LogP contribution in [0.2, 0.25) is 0 Å².